The van der Waals surface area contributed by atoms with E-state index in [0.717, 1.165) is 0 Å². The summed E-state index contributed by atoms with van der Waals surface area (Å²) in [6, 6.07) is 5.43. The standard InChI is InChI=1S/C66H90N14O17S2/c1-36(2)55(66(96)97)78-63(93)50(35-99)77-59(89)46(29-38-19-21-40(82)22-20-38)72-56(86)43(16-8-9-25-67)70-60(90)47(30-39-32-69-42-15-7-6-14-41(39)42)74-58(88)45(28-37-12-4-3-5-13-37)73-62(92)49(34-98)76-57(87)44(23-24-54(84)85)71-61(91)48(33-81)75-64(94)51-17-10-27-80(51)65(95)52-18-11-26-79(52)53(83)31-68/h3-7,12-15,19-22,32,36,43-52,55,69,81-82,98-99H,8-11,16-18,23-31,33-35,67-68H2,1-2H3,(H,70,90)(H,71,91)(H,72,86)(H,73,92)(H,74,88)(H,75,94)(H,76,87)(H,77,89)(H,78,93)(H,84,85)(H,96,97)/t43-,44-,45-,46-,47-,48-,49-,50-,51-,52-,55-/m0/s1. The van der Waals surface area contributed by atoms with Gasteiger partial charge in [0.1, 0.15) is 72.2 Å². The summed E-state index contributed by atoms with van der Waals surface area (Å²) in [5, 5.41) is 63.6. The topological polar surface area (TPSA) is 485 Å². The van der Waals surface area contributed by atoms with Crippen molar-refractivity contribution in [2.45, 2.75) is 157 Å². The highest BCUT2D eigenvalue weighted by molar-refractivity contribution is 7.80. The molecule has 0 spiro atoms. The Hall–Kier alpha value is -9.31. The lowest BCUT2D eigenvalue weighted by molar-refractivity contribution is -0.146. The molecule has 6 rings (SSSR count). The number of phenolic OH excluding ortho intramolecular Hbond substituents is 1. The summed E-state index contributed by atoms with van der Waals surface area (Å²) in [6.07, 6.45) is 1.74. The fourth-order valence-electron chi connectivity index (χ4n) is 11.6. The molecule has 0 unspecified atom stereocenters. The fraction of sp³-hybridized carbons (Fsp3) is 0.500. The first-order valence-corrected chi connectivity index (χ1v) is 33.9. The second-order valence-electron chi connectivity index (χ2n) is 24.6. The van der Waals surface area contributed by atoms with E-state index in [1.807, 2.05) is 0 Å². The lowest BCUT2D eigenvalue weighted by Gasteiger charge is -2.31. The van der Waals surface area contributed by atoms with Gasteiger partial charge in [0.25, 0.3) is 0 Å². The molecule has 0 saturated carbocycles. The van der Waals surface area contributed by atoms with Gasteiger partial charge in [-0.15, -0.1) is 0 Å². The van der Waals surface area contributed by atoms with Gasteiger partial charge in [0.05, 0.1) is 13.2 Å². The monoisotopic (exact) mass is 1410 g/mol. The quantitative estimate of drug-likeness (QED) is 0.0167. The summed E-state index contributed by atoms with van der Waals surface area (Å²) in [6.45, 7) is 2.48. The molecule has 3 aromatic carbocycles. The number of rotatable bonds is 38. The van der Waals surface area contributed by atoms with E-state index in [1.165, 1.54) is 34.1 Å². The fourth-order valence-corrected chi connectivity index (χ4v) is 12.1. The number of aromatic amines is 1. The largest absolute Gasteiger partial charge is 0.508 e. The molecule has 11 atom stereocenters. The van der Waals surface area contributed by atoms with Crippen LogP contribution in [0.2, 0.25) is 0 Å². The number of carbonyl (C=O) groups is 13. The Bertz CT molecular complexity index is 3490. The van der Waals surface area contributed by atoms with Gasteiger partial charge in [0.15, 0.2) is 0 Å². The van der Waals surface area contributed by atoms with Crippen molar-refractivity contribution in [1.82, 2.24) is 62.6 Å². The molecule has 0 radical (unpaired) electrons. The van der Waals surface area contributed by atoms with Crippen molar-refractivity contribution in [2.24, 2.45) is 17.4 Å². The van der Waals surface area contributed by atoms with Crippen LogP contribution in [0.25, 0.3) is 10.9 Å². The first kappa shape index (κ1) is 78.7. The molecule has 18 N–H and O–H groups in total. The Balaban J connectivity index is 1.23. The summed E-state index contributed by atoms with van der Waals surface area (Å²) in [5.74, 6) is -13.6. The SMILES string of the molecule is CC(C)[C@H](NC(=O)[C@H](CS)NC(=O)[C@H](Cc1ccc(O)cc1)NC(=O)[C@H](CCCCN)NC(=O)[C@H](Cc1c[nH]c2ccccc12)NC(=O)[C@H](Cc1ccccc1)NC(=O)[C@H](CS)NC(=O)[C@H](CCC(=O)O)NC(=O)[C@H](CO)NC(=O)[C@@H]1CCCN1C(=O)[C@@H]1CCCN1C(=O)CN)C(=O)O. The lowest BCUT2D eigenvalue weighted by Crippen LogP contribution is -2.61. The molecule has 11 amide bonds. The molecule has 4 aromatic rings. The van der Waals surface area contributed by atoms with Crippen LogP contribution in [0.5, 0.6) is 5.75 Å². The number of hydrogen-bond donors (Lipinski definition) is 18. The molecule has 0 bridgehead atoms. The number of amides is 11. The number of carbonyl (C=O) groups excluding carboxylic acids is 11. The molecule has 0 aliphatic carbocycles. The molecular formula is C66H90N14O17S2. The van der Waals surface area contributed by atoms with Gasteiger partial charge in [0.2, 0.25) is 65.0 Å². The van der Waals surface area contributed by atoms with Gasteiger partial charge in [-0.1, -0.05) is 74.5 Å². The lowest BCUT2D eigenvalue weighted by atomic mass is 10.0. The summed E-state index contributed by atoms with van der Waals surface area (Å²) in [5.41, 5.74) is 13.6. The maximum Gasteiger partial charge on any atom is 0.326 e. The Morgan fingerprint density at radius 2 is 1.02 bits per heavy atom. The van der Waals surface area contributed by atoms with Gasteiger partial charge in [0, 0.05) is 67.4 Å². The molecule has 31 nitrogen and oxygen atoms in total. The van der Waals surface area contributed by atoms with E-state index in [-0.39, 0.29) is 69.7 Å². The normalized spacial score (nSPS) is 17.1. The zero-order chi connectivity index (χ0) is 72.5. The Morgan fingerprint density at radius 3 is 1.56 bits per heavy atom. The zero-order valence-corrected chi connectivity index (χ0v) is 56.8. The number of hydrogen-bond acceptors (Lipinski definition) is 19. The minimum Gasteiger partial charge on any atom is -0.508 e. The molecule has 99 heavy (non-hydrogen) atoms. The molecule has 538 valence electrons. The smallest absolute Gasteiger partial charge is 0.326 e. The van der Waals surface area contributed by atoms with E-state index >= 15 is 9.59 Å². The highest BCUT2D eigenvalue weighted by atomic mass is 32.1. The van der Waals surface area contributed by atoms with E-state index in [2.05, 4.69) is 78.1 Å². The Kier molecular flexibility index (Phi) is 30.8. The molecular weight excluding hydrogens is 1320 g/mol. The van der Waals surface area contributed by atoms with Crippen LogP contribution in [0.4, 0.5) is 0 Å². The second kappa shape index (κ2) is 38.7. The van der Waals surface area contributed by atoms with Crippen molar-refractivity contribution in [2.75, 3.05) is 44.3 Å². The number of aromatic hydroxyl groups is 1. The third-order valence-electron chi connectivity index (χ3n) is 17.1. The van der Waals surface area contributed by atoms with Crippen molar-refractivity contribution in [1.29, 1.82) is 0 Å². The number of aromatic nitrogens is 1. The van der Waals surface area contributed by atoms with E-state index in [9.17, 15) is 73.2 Å². The Labute approximate surface area is 582 Å². The van der Waals surface area contributed by atoms with Gasteiger partial charge < -0.3 is 94.5 Å². The van der Waals surface area contributed by atoms with Crippen molar-refractivity contribution < 1.29 is 82.8 Å². The number of phenols is 1. The molecule has 2 fully saturated rings. The number of carboxylic acids is 2. The van der Waals surface area contributed by atoms with Gasteiger partial charge in [-0.2, -0.15) is 25.3 Å². The first-order valence-electron chi connectivity index (χ1n) is 32.7. The number of aliphatic hydroxyl groups is 1. The van der Waals surface area contributed by atoms with Crippen molar-refractivity contribution in [3.8, 4) is 5.75 Å². The number of nitrogens with two attached hydrogens (primary N) is 2. The van der Waals surface area contributed by atoms with Crippen molar-refractivity contribution >= 4 is 113 Å². The average molecular weight is 1420 g/mol. The number of unbranched alkanes of at least 4 members (excludes halogenated alkanes) is 1. The molecule has 33 heteroatoms. The predicted octanol–water partition coefficient (Wildman–Crippen LogP) is -2.21. The molecule has 3 heterocycles. The number of H-pyrrole nitrogens is 1. The minimum atomic E-state index is -1.74. The number of benzene rings is 3. The number of fused-ring (bicyclic) bond motifs is 1. The van der Waals surface area contributed by atoms with E-state index < -0.39 is 174 Å². The number of aliphatic carboxylic acids is 2. The van der Waals surface area contributed by atoms with Crippen LogP contribution >= 0.6 is 25.3 Å². The maximum atomic E-state index is 15.1. The third-order valence-corrected chi connectivity index (χ3v) is 17.8. The van der Waals surface area contributed by atoms with Crippen LogP contribution in [0.15, 0.2) is 85.1 Å². The summed E-state index contributed by atoms with van der Waals surface area (Å²) >= 11 is 8.56. The average Bonchev–Trinajstić information content (AvgIpc) is 1.69. The molecule has 2 aliphatic rings. The van der Waals surface area contributed by atoms with Gasteiger partial charge in [-0.25, -0.2) is 4.79 Å². The van der Waals surface area contributed by atoms with Crippen LogP contribution in [-0.2, 0) is 81.6 Å². The zero-order valence-electron chi connectivity index (χ0n) is 55.0. The van der Waals surface area contributed by atoms with Crippen molar-refractivity contribution in [3.63, 3.8) is 0 Å². The summed E-state index contributed by atoms with van der Waals surface area (Å²) < 4.78 is 0. The molecule has 2 aliphatic heterocycles. The number of carboxylic acid groups (broad SMARTS) is 2. The first-order chi connectivity index (χ1) is 47.3. The number of likely N-dealkylation sites (tertiary alicyclic amines) is 2. The number of aliphatic hydroxyl groups excluding tert-OH is 1. The van der Waals surface area contributed by atoms with E-state index in [1.54, 1.807) is 74.6 Å². The van der Waals surface area contributed by atoms with Gasteiger partial charge in [-0.3, -0.25) is 57.5 Å². The van der Waals surface area contributed by atoms with Crippen LogP contribution < -0.4 is 59.3 Å². The molecule has 1 aromatic heterocycles. The van der Waals surface area contributed by atoms with Crippen LogP contribution in [0.3, 0.4) is 0 Å². The molecule has 2 saturated heterocycles. The predicted molar refractivity (Wildman–Crippen MR) is 367 cm³/mol. The van der Waals surface area contributed by atoms with Crippen molar-refractivity contribution in [3.05, 3.63) is 102 Å². The summed E-state index contributed by atoms with van der Waals surface area (Å²) in [7, 11) is 0. The highest BCUT2D eigenvalue weighted by Crippen LogP contribution is 2.26. The van der Waals surface area contributed by atoms with Gasteiger partial charge in [-0.05, 0) is 98.7 Å². The van der Waals surface area contributed by atoms with Crippen LogP contribution in [0.1, 0.15) is 88.3 Å². The third kappa shape index (κ3) is 22.9. The number of thiol groups is 2. The number of nitrogens with zero attached hydrogens (tertiary/aromatic N) is 2. The highest BCUT2D eigenvalue weighted by Gasteiger charge is 2.43. The van der Waals surface area contributed by atoms with Crippen LogP contribution in [0, 0.1) is 5.92 Å². The number of nitrogens with one attached hydrogen (secondary N) is 10. The van der Waals surface area contributed by atoms with Crippen LogP contribution in [-0.4, -0.2) is 223 Å². The minimum absolute atomic E-state index is 0.0591. The van der Waals surface area contributed by atoms with E-state index in [4.69, 9.17) is 11.5 Å². The Morgan fingerprint density at radius 1 is 0.545 bits per heavy atom. The number of para-hydroxylation sites is 1. The summed E-state index contributed by atoms with van der Waals surface area (Å²) in [4.78, 5) is 185. The van der Waals surface area contributed by atoms with Gasteiger partial charge >= 0.3 is 11.9 Å². The maximum absolute atomic E-state index is 15.1. The van der Waals surface area contributed by atoms with E-state index in [0.29, 0.717) is 59.8 Å². The second-order valence-corrected chi connectivity index (χ2v) is 25.3.